The quantitative estimate of drug-likeness (QED) is 0.633. The summed E-state index contributed by atoms with van der Waals surface area (Å²) in [4.78, 5) is 24.3. The molecule has 1 aromatic rings. The zero-order valence-electron chi connectivity index (χ0n) is 9.77. The van der Waals surface area contributed by atoms with Gasteiger partial charge in [0.15, 0.2) is 0 Å². The third kappa shape index (κ3) is 3.56. The summed E-state index contributed by atoms with van der Waals surface area (Å²) in [6, 6.07) is 6.75. The van der Waals surface area contributed by atoms with Crippen LogP contribution >= 0.6 is 15.9 Å². The SMILES string of the molecule is COC(=O)c1ccc(N(CCBr)C(C)=O)cc1. The molecule has 0 saturated carbocycles. The fourth-order valence-corrected chi connectivity index (χ4v) is 1.80. The second-order valence-corrected chi connectivity index (χ2v) is 4.19. The minimum atomic E-state index is -0.383. The highest BCUT2D eigenvalue weighted by Crippen LogP contribution is 2.16. The van der Waals surface area contributed by atoms with Gasteiger partial charge in [-0.1, -0.05) is 15.9 Å². The summed E-state index contributed by atoms with van der Waals surface area (Å²) in [6.07, 6.45) is 0. The second kappa shape index (κ2) is 6.39. The standard InChI is InChI=1S/C12H14BrNO3/c1-9(15)14(8-7-13)11-5-3-10(4-6-11)12(16)17-2/h3-6H,7-8H2,1-2H3. The highest BCUT2D eigenvalue weighted by atomic mass is 79.9. The van der Waals surface area contributed by atoms with Gasteiger partial charge in [0, 0.05) is 24.5 Å². The number of nitrogens with zero attached hydrogens (tertiary/aromatic N) is 1. The average Bonchev–Trinajstić information content (AvgIpc) is 2.35. The molecular formula is C12H14BrNO3. The molecule has 0 heterocycles. The van der Waals surface area contributed by atoms with Gasteiger partial charge in [0.1, 0.15) is 0 Å². The lowest BCUT2D eigenvalue weighted by Crippen LogP contribution is -2.30. The van der Waals surface area contributed by atoms with Crippen molar-refractivity contribution in [3.63, 3.8) is 0 Å². The number of halogens is 1. The monoisotopic (exact) mass is 299 g/mol. The Balaban J connectivity index is 2.91. The van der Waals surface area contributed by atoms with Gasteiger partial charge in [0.05, 0.1) is 12.7 Å². The molecule has 0 fully saturated rings. The summed E-state index contributed by atoms with van der Waals surface area (Å²) in [5.41, 5.74) is 1.24. The Kier molecular flexibility index (Phi) is 5.15. The van der Waals surface area contributed by atoms with Crippen LogP contribution in [0.15, 0.2) is 24.3 Å². The first-order valence-corrected chi connectivity index (χ1v) is 6.24. The van der Waals surface area contributed by atoms with Gasteiger partial charge >= 0.3 is 5.97 Å². The van der Waals surface area contributed by atoms with Crippen molar-refractivity contribution in [3.8, 4) is 0 Å². The van der Waals surface area contributed by atoms with E-state index in [2.05, 4.69) is 20.7 Å². The maximum Gasteiger partial charge on any atom is 0.337 e. The highest BCUT2D eigenvalue weighted by Gasteiger charge is 2.11. The average molecular weight is 300 g/mol. The van der Waals surface area contributed by atoms with Crippen molar-refractivity contribution < 1.29 is 14.3 Å². The normalized spacial score (nSPS) is 9.82. The van der Waals surface area contributed by atoms with E-state index in [1.54, 1.807) is 29.2 Å². The molecule has 0 radical (unpaired) electrons. The van der Waals surface area contributed by atoms with E-state index in [1.807, 2.05) is 0 Å². The van der Waals surface area contributed by atoms with Crippen LogP contribution in [0.1, 0.15) is 17.3 Å². The summed E-state index contributed by atoms with van der Waals surface area (Å²) in [5, 5.41) is 0.700. The molecule has 92 valence electrons. The van der Waals surface area contributed by atoms with Gasteiger partial charge in [0.2, 0.25) is 5.91 Å². The number of benzene rings is 1. The highest BCUT2D eigenvalue weighted by molar-refractivity contribution is 9.09. The second-order valence-electron chi connectivity index (χ2n) is 3.40. The molecule has 5 heteroatoms. The number of methoxy groups -OCH3 is 1. The van der Waals surface area contributed by atoms with Crippen molar-refractivity contribution in [1.29, 1.82) is 0 Å². The van der Waals surface area contributed by atoms with Gasteiger partial charge in [-0.05, 0) is 24.3 Å². The molecule has 0 spiro atoms. The summed E-state index contributed by atoms with van der Waals surface area (Å²) < 4.78 is 4.60. The number of rotatable bonds is 4. The Morgan fingerprint density at radius 1 is 1.29 bits per heavy atom. The van der Waals surface area contributed by atoms with Crippen LogP contribution in [0.3, 0.4) is 0 Å². The van der Waals surface area contributed by atoms with E-state index in [9.17, 15) is 9.59 Å². The van der Waals surface area contributed by atoms with Crippen molar-refractivity contribution in [1.82, 2.24) is 0 Å². The van der Waals surface area contributed by atoms with E-state index in [-0.39, 0.29) is 11.9 Å². The Bertz CT molecular complexity index is 403. The van der Waals surface area contributed by atoms with Crippen LogP contribution in [0.25, 0.3) is 0 Å². The number of amides is 1. The van der Waals surface area contributed by atoms with Crippen molar-refractivity contribution in [2.24, 2.45) is 0 Å². The summed E-state index contributed by atoms with van der Waals surface area (Å²) in [7, 11) is 1.34. The number of anilines is 1. The lowest BCUT2D eigenvalue weighted by atomic mass is 10.2. The minimum absolute atomic E-state index is 0.0322. The molecule has 0 aliphatic carbocycles. The molecule has 1 aromatic carbocycles. The molecule has 17 heavy (non-hydrogen) atoms. The molecule has 1 rings (SSSR count). The number of carbonyl (C=O) groups excluding carboxylic acids is 2. The summed E-state index contributed by atoms with van der Waals surface area (Å²) in [6.45, 7) is 2.10. The Labute approximate surface area is 109 Å². The zero-order valence-corrected chi connectivity index (χ0v) is 11.4. The molecule has 0 unspecified atom stereocenters. The van der Waals surface area contributed by atoms with E-state index in [0.717, 1.165) is 5.69 Å². The third-order valence-electron chi connectivity index (χ3n) is 2.29. The zero-order chi connectivity index (χ0) is 12.8. The van der Waals surface area contributed by atoms with Crippen LogP contribution in [-0.2, 0) is 9.53 Å². The van der Waals surface area contributed by atoms with Crippen molar-refractivity contribution in [3.05, 3.63) is 29.8 Å². The minimum Gasteiger partial charge on any atom is -0.465 e. The molecule has 0 atom stereocenters. The maximum atomic E-state index is 11.4. The summed E-state index contributed by atoms with van der Waals surface area (Å²) >= 11 is 3.30. The third-order valence-corrected chi connectivity index (χ3v) is 2.64. The topological polar surface area (TPSA) is 46.6 Å². The molecule has 0 bridgehead atoms. The lowest BCUT2D eigenvalue weighted by molar-refractivity contribution is -0.116. The van der Waals surface area contributed by atoms with Crippen molar-refractivity contribution in [2.45, 2.75) is 6.92 Å². The molecule has 4 nitrogen and oxygen atoms in total. The number of hydrogen-bond acceptors (Lipinski definition) is 3. The number of esters is 1. The Hall–Kier alpha value is -1.36. The van der Waals surface area contributed by atoms with Crippen molar-refractivity contribution >= 4 is 33.5 Å². The molecule has 0 aliphatic heterocycles. The van der Waals surface area contributed by atoms with Crippen LogP contribution in [0.2, 0.25) is 0 Å². The van der Waals surface area contributed by atoms with E-state index in [4.69, 9.17) is 0 Å². The predicted molar refractivity (Wildman–Crippen MR) is 69.6 cm³/mol. The first-order valence-electron chi connectivity index (χ1n) is 5.12. The van der Waals surface area contributed by atoms with Gasteiger partial charge in [-0.2, -0.15) is 0 Å². The van der Waals surface area contributed by atoms with Crippen LogP contribution in [0, 0.1) is 0 Å². The van der Waals surface area contributed by atoms with Gasteiger partial charge in [-0.3, -0.25) is 4.79 Å². The van der Waals surface area contributed by atoms with Crippen LogP contribution in [0.4, 0.5) is 5.69 Å². The molecule has 1 amide bonds. The van der Waals surface area contributed by atoms with E-state index >= 15 is 0 Å². The number of hydrogen-bond donors (Lipinski definition) is 0. The smallest absolute Gasteiger partial charge is 0.337 e. The van der Waals surface area contributed by atoms with Gasteiger partial charge in [-0.15, -0.1) is 0 Å². The van der Waals surface area contributed by atoms with Gasteiger partial charge in [-0.25, -0.2) is 4.79 Å². The Morgan fingerprint density at radius 3 is 2.29 bits per heavy atom. The number of carbonyl (C=O) groups is 2. The number of ether oxygens (including phenoxy) is 1. The summed E-state index contributed by atoms with van der Waals surface area (Å²) in [5.74, 6) is -0.415. The molecule has 0 saturated heterocycles. The van der Waals surface area contributed by atoms with Gasteiger partial charge in [0.25, 0.3) is 0 Å². The fraction of sp³-hybridized carbons (Fsp3) is 0.333. The lowest BCUT2D eigenvalue weighted by Gasteiger charge is -2.20. The number of alkyl halides is 1. The maximum absolute atomic E-state index is 11.4. The molecule has 0 aliphatic rings. The van der Waals surface area contributed by atoms with E-state index < -0.39 is 0 Å². The van der Waals surface area contributed by atoms with Crippen LogP contribution < -0.4 is 4.90 Å². The van der Waals surface area contributed by atoms with E-state index in [0.29, 0.717) is 17.4 Å². The van der Waals surface area contributed by atoms with E-state index in [1.165, 1.54) is 14.0 Å². The Morgan fingerprint density at radius 2 is 1.88 bits per heavy atom. The molecular weight excluding hydrogens is 286 g/mol. The molecule has 0 aromatic heterocycles. The largest absolute Gasteiger partial charge is 0.465 e. The van der Waals surface area contributed by atoms with Gasteiger partial charge < -0.3 is 9.64 Å². The first-order chi connectivity index (χ1) is 8.10. The van der Waals surface area contributed by atoms with Crippen molar-refractivity contribution in [2.75, 3.05) is 23.9 Å². The predicted octanol–water partition coefficient (Wildman–Crippen LogP) is 2.22. The molecule has 0 N–H and O–H groups in total. The first kappa shape index (κ1) is 13.7. The van der Waals surface area contributed by atoms with Crippen LogP contribution in [-0.4, -0.2) is 30.9 Å². The fourth-order valence-electron chi connectivity index (χ4n) is 1.45. The van der Waals surface area contributed by atoms with Crippen LogP contribution in [0.5, 0.6) is 0 Å².